The summed E-state index contributed by atoms with van der Waals surface area (Å²) in [6.07, 6.45) is 8.25. The molecule has 0 aliphatic heterocycles. The van der Waals surface area contributed by atoms with Gasteiger partial charge in [-0.25, -0.2) is 4.79 Å². The van der Waals surface area contributed by atoms with Crippen molar-refractivity contribution in [3.63, 3.8) is 0 Å². The van der Waals surface area contributed by atoms with E-state index in [-0.39, 0.29) is 23.8 Å². The number of nitrogens with zero attached hydrogens (tertiary/aromatic N) is 1. The monoisotopic (exact) mass is 559 g/mol. The van der Waals surface area contributed by atoms with Gasteiger partial charge in [0.2, 0.25) is 11.8 Å². The summed E-state index contributed by atoms with van der Waals surface area (Å²) < 4.78 is 5.52. The van der Waals surface area contributed by atoms with E-state index >= 15 is 0 Å². The van der Waals surface area contributed by atoms with Gasteiger partial charge in [-0.15, -0.1) is 0 Å². The number of carbonyl (C=O) groups is 3. The minimum absolute atomic E-state index is 0.0129. The Morgan fingerprint density at radius 2 is 1.57 bits per heavy atom. The lowest BCUT2D eigenvalue weighted by molar-refractivity contribution is -0.143. The molecule has 2 N–H and O–H groups in total. The molecule has 4 atom stereocenters. The Hall–Kier alpha value is -2.57. The molecule has 1 rings (SSSR count). The molecule has 1 aromatic carbocycles. The molecular formula is C33H57N3O4. The maximum atomic E-state index is 14.4. The molecule has 0 radical (unpaired) electrons. The number of unbranched alkanes of at least 4 members (excludes halogenated alkanes) is 5. The van der Waals surface area contributed by atoms with Crippen LogP contribution in [0.25, 0.3) is 0 Å². The Balaban J connectivity index is 3.49. The standard InChI is InChI=1S/C33H57N3O4/c1-10-13-14-15-16-17-22-36(31(38)28(25(5)12-3)35-32(39)40-33(7,8)9)29(27-21-18-20-24(4)23-27)30(37)34-26(6)19-11-2/h18,20-21,23,25-26,28-29H,10-17,19,22H2,1-9H3,(H,34,37)(H,35,39). The molecule has 7 heteroatoms. The number of benzene rings is 1. The molecule has 228 valence electrons. The predicted molar refractivity (Wildman–Crippen MR) is 164 cm³/mol. The summed E-state index contributed by atoms with van der Waals surface area (Å²) in [6, 6.07) is 6.20. The van der Waals surface area contributed by atoms with Gasteiger partial charge in [0.15, 0.2) is 0 Å². The first-order valence-electron chi connectivity index (χ1n) is 15.5. The maximum absolute atomic E-state index is 14.4. The van der Waals surface area contributed by atoms with Crippen molar-refractivity contribution in [2.45, 2.75) is 144 Å². The Bertz CT molecular complexity index is 911. The van der Waals surface area contributed by atoms with Crippen molar-refractivity contribution in [2.24, 2.45) is 5.92 Å². The molecular weight excluding hydrogens is 502 g/mol. The quantitative estimate of drug-likeness (QED) is 0.194. The highest BCUT2D eigenvalue weighted by molar-refractivity contribution is 5.92. The Morgan fingerprint density at radius 3 is 2.15 bits per heavy atom. The van der Waals surface area contributed by atoms with E-state index in [1.54, 1.807) is 25.7 Å². The van der Waals surface area contributed by atoms with Crippen molar-refractivity contribution in [2.75, 3.05) is 6.54 Å². The van der Waals surface area contributed by atoms with Gasteiger partial charge in [0, 0.05) is 12.6 Å². The largest absolute Gasteiger partial charge is 0.444 e. The molecule has 0 heterocycles. The molecule has 3 amide bonds. The van der Waals surface area contributed by atoms with Gasteiger partial charge in [0.25, 0.3) is 0 Å². The van der Waals surface area contributed by atoms with Crippen molar-refractivity contribution in [1.29, 1.82) is 0 Å². The summed E-state index contributed by atoms with van der Waals surface area (Å²) in [4.78, 5) is 42.9. The third-order valence-electron chi connectivity index (χ3n) is 7.22. The normalized spacial score (nSPS) is 14.5. The third-order valence-corrected chi connectivity index (χ3v) is 7.22. The topological polar surface area (TPSA) is 87.7 Å². The average molecular weight is 560 g/mol. The molecule has 7 nitrogen and oxygen atoms in total. The minimum atomic E-state index is -0.812. The number of aryl methyl sites for hydroxylation is 1. The molecule has 4 unspecified atom stereocenters. The minimum Gasteiger partial charge on any atom is -0.444 e. The fraction of sp³-hybridized carbons (Fsp3) is 0.727. The van der Waals surface area contributed by atoms with E-state index in [0.29, 0.717) is 13.0 Å². The lowest BCUT2D eigenvalue weighted by Gasteiger charge is -2.36. The van der Waals surface area contributed by atoms with Gasteiger partial charge >= 0.3 is 6.09 Å². The Kier molecular flexibility index (Phi) is 15.9. The number of nitrogens with one attached hydrogen (secondary N) is 2. The fourth-order valence-electron chi connectivity index (χ4n) is 4.87. The highest BCUT2D eigenvalue weighted by Gasteiger charge is 2.38. The molecule has 0 spiro atoms. The first kappa shape index (κ1) is 35.5. The zero-order chi connectivity index (χ0) is 30.3. The Labute approximate surface area is 244 Å². The molecule has 0 aliphatic carbocycles. The van der Waals surface area contributed by atoms with Crippen LogP contribution in [-0.4, -0.2) is 47.0 Å². The van der Waals surface area contributed by atoms with E-state index in [1.807, 2.05) is 52.0 Å². The van der Waals surface area contributed by atoms with Gasteiger partial charge in [-0.2, -0.15) is 0 Å². The van der Waals surface area contributed by atoms with Crippen molar-refractivity contribution < 1.29 is 19.1 Å². The smallest absolute Gasteiger partial charge is 0.408 e. The fourth-order valence-corrected chi connectivity index (χ4v) is 4.87. The molecule has 0 saturated carbocycles. The molecule has 0 aliphatic rings. The third kappa shape index (κ3) is 12.7. The van der Waals surface area contributed by atoms with Crippen LogP contribution in [0.3, 0.4) is 0 Å². The number of alkyl carbamates (subject to hydrolysis) is 1. The van der Waals surface area contributed by atoms with E-state index in [0.717, 1.165) is 49.7 Å². The van der Waals surface area contributed by atoms with Gasteiger partial charge in [-0.1, -0.05) is 102 Å². The SMILES string of the molecule is CCCCCCCCN(C(=O)C(NC(=O)OC(C)(C)C)C(C)CC)C(C(=O)NC(C)CCC)c1cccc(C)c1. The molecule has 40 heavy (non-hydrogen) atoms. The second-order valence-electron chi connectivity index (χ2n) is 12.3. The van der Waals surface area contributed by atoms with Crippen LogP contribution in [-0.2, 0) is 14.3 Å². The van der Waals surface area contributed by atoms with E-state index < -0.39 is 23.8 Å². The summed E-state index contributed by atoms with van der Waals surface area (Å²) >= 11 is 0. The van der Waals surface area contributed by atoms with Crippen LogP contribution in [0.4, 0.5) is 4.79 Å². The van der Waals surface area contributed by atoms with Crippen LogP contribution < -0.4 is 10.6 Å². The zero-order valence-corrected chi connectivity index (χ0v) is 26.8. The predicted octanol–water partition coefficient (Wildman–Crippen LogP) is 7.47. The lowest BCUT2D eigenvalue weighted by Crippen LogP contribution is -2.55. The molecule has 0 bridgehead atoms. The van der Waals surface area contributed by atoms with Crippen LogP contribution >= 0.6 is 0 Å². The molecule has 1 aromatic rings. The highest BCUT2D eigenvalue weighted by Crippen LogP contribution is 2.26. The first-order valence-corrected chi connectivity index (χ1v) is 15.5. The number of hydrogen-bond acceptors (Lipinski definition) is 4. The summed E-state index contributed by atoms with van der Waals surface area (Å²) in [5.41, 5.74) is 1.11. The van der Waals surface area contributed by atoms with E-state index in [2.05, 4.69) is 24.5 Å². The second-order valence-corrected chi connectivity index (χ2v) is 12.3. The van der Waals surface area contributed by atoms with Crippen molar-refractivity contribution >= 4 is 17.9 Å². The second kappa shape index (κ2) is 18.0. The summed E-state index contributed by atoms with van der Waals surface area (Å²) in [7, 11) is 0. The van der Waals surface area contributed by atoms with E-state index in [1.165, 1.54) is 12.8 Å². The summed E-state index contributed by atoms with van der Waals surface area (Å²) in [5.74, 6) is -0.586. The zero-order valence-electron chi connectivity index (χ0n) is 26.8. The summed E-state index contributed by atoms with van der Waals surface area (Å²) in [6.45, 7) is 18.1. The Morgan fingerprint density at radius 1 is 0.925 bits per heavy atom. The molecule has 0 saturated heterocycles. The first-order chi connectivity index (χ1) is 18.8. The van der Waals surface area contributed by atoms with Gasteiger partial charge < -0.3 is 20.3 Å². The highest BCUT2D eigenvalue weighted by atomic mass is 16.6. The van der Waals surface area contributed by atoms with Crippen LogP contribution in [0.15, 0.2) is 24.3 Å². The van der Waals surface area contributed by atoms with Crippen molar-refractivity contribution in [1.82, 2.24) is 15.5 Å². The van der Waals surface area contributed by atoms with Gasteiger partial charge in [0.1, 0.15) is 17.7 Å². The molecule has 0 fully saturated rings. The number of carbonyl (C=O) groups excluding carboxylic acids is 3. The van der Waals surface area contributed by atoms with Crippen LogP contribution in [0.5, 0.6) is 0 Å². The lowest BCUT2D eigenvalue weighted by atomic mass is 9.95. The summed E-state index contributed by atoms with van der Waals surface area (Å²) in [5, 5.41) is 6.02. The average Bonchev–Trinajstić information content (AvgIpc) is 2.86. The van der Waals surface area contributed by atoms with Gasteiger partial charge in [0.05, 0.1) is 0 Å². The van der Waals surface area contributed by atoms with Crippen molar-refractivity contribution in [3.05, 3.63) is 35.4 Å². The van der Waals surface area contributed by atoms with Crippen molar-refractivity contribution in [3.8, 4) is 0 Å². The van der Waals surface area contributed by atoms with Gasteiger partial charge in [-0.3, -0.25) is 9.59 Å². The number of ether oxygens (including phenoxy) is 1. The number of amides is 3. The van der Waals surface area contributed by atoms with Gasteiger partial charge in [-0.05, 0) is 58.9 Å². The molecule has 0 aromatic heterocycles. The number of rotatable bonds is 17. The number of hydrogen-bond donors (Lipinski definition) is 2. The van der Waals surface area contributed by atoms with Crippen LogP contribution in [0.1, 0.15) is 130 Å². The van der Waals surface area contributed by atoms with E-state index in [4.69, 9.17) is 4.74 Å². The maximum Gasteiger partial charge on any atom is 0.408 e. The van der Waals surface area contributed by atoms with E-state index in [9.17, 15) is 14.4 Å². The van der Waals surface area contributed by atoms with Crippen LogP contribution in [0, 0.1) is 12.8 Å². The van der Waals surface area contributed by atoms with Crippen LogP contribution in [0.2, 0.25) is 0 Å².